The van der Waals surface area contributed by atoms with Gasteiger partial charge in [0.2, 0.25) is 0 Å². The number of carbonyl (C=O) groups excluding carboxylic acids is 1. The molecule has 2 atom stereocenters. The summed E-state index contributed by atoms with van der Waals surface area (Å²) in [7, 11) is 0. The molecule has 0 spiro atoms. The first-order chi connectivity index (χ1) is 16.8. The quantitative estimate of drug-likeness (QED) is 0.332. The number of carbonyl (C=O) groups is 2. The second-order valence-corrected chi connectivity index (χ2v) is 9.05. The molecule has 0 saturated heterocycles. The van der Waals surface area contributed by atoms with Gasteiger partial charge in [0.1, 0.15) is 5.75 Å². The summed E-state index contributed by atoms with van der Waals surface area (Å²) in [6.07, 6.45) is 0.823. The Morgan fingerprint density at radius 3 is 1.97 bits per heavy atom. The van der Waals surface area contributed by atoms with E-state index >= 15 is 0 Å². The number of amides is 1. The second-order valence-electron chi connectivity index (χ2n) is 8.61. The number of halogens is 1. The number of rotatable bonds is 10. The van der Waals surface area contributed by atoms with Crippen LogP contribution in [0.25, 0.3) is 11.1 Å². The van der Waals surface area contributed by atoms with Crippen LogP contribution in [0.2, 0.25) is 5.02 Å². The lowest BCUT2D eigenvalue weighted by Crippen LogP contribution is -2.31. The molecular weight excluding hydrogens is 462 g/mol. The summed E-state index contributed by atoms with van der Waals surface area (Å²) in [6, 6.07) is 20.2. The molecule has 5 nitrogen and oxygen atoms in total. The molecule has 0 heterocycles. The molecule has 0 aromatic heterocycles. The molecule has 0 saturated carbocycles. The van der Waals surface area contributed by atoms with Crippen LogP contribution < -0.4 is 0 Å². The Hall–Kier alpha value is -3.31. The van der Waals surface area contributed by atoms with Crippen LogP contribution in [0.1, 0.15) is 54.6 Å². The van der Waals surface area contributed by atoms with Crippen LogP contribution in [-0.2, 0) is 11.2 Å². The number of aromatic hydroxyl groups is 1. The Kier molecular flexibility index (Phi) is 8.94. The molecular formula is C29H32ClNO4. The van der Waals surface area contributed by atoms with E-state index in [0.717, 1.165) is 22.3 Å². The van der Waals surface area contributed by atoms with Crippen LogP contribution in [-0.4, -0.2) is 40.1 Å². The van der Waals surface area contributed by atoms with Gasteiger partial charge in [0, 0.05) is 29.6 Å². The minimum absolute atomic E-state index is 0.0124. The summed E-state index contributed by atoms with van der Waals surface area (Å²) < 4.78 is 0. The Bertz CT molecular complexity index is 1150. The first-order valence-electron chi connectivity index (χ1n) is 12.0. The number of hydrogen-bond donors (Lipinski definition) is 2. The predicted molar refractivity (Wildman–Crippen MR) is 140 cm³/mol. The molecule has 184 valence electrons. The lowest BCUT2D eigenvalue weighted by atomic mass is 9.79. The summed E-state index contributed by atoms with van der Waals surface area (Å²) in [5.41, 5.74) is 4.07. The van der Waals surface area contributed by atoms with Crippen molar-refractivity contribution in [3.05, 3.63) is 88.4 Å². The van der Waals surface area contributed by atoms with Gasteiger partial charge < -0.3 is 15.1 Å². The van der Waals surface area contributed by atoms with Crippen LogP contribution in [0.15, 0.2) is 66.7 Å². The van der Waals surface area contributed by atoms with Gasteiger partial charge in [0.15, 0.2) is 0 Å². The maximum absolute atomic E-state index is 13.2. The van der Waals surface area contributed by atoms with Crippen LogP contribution in [0.3, 0.4) is 0 Å². The van der Waals surface area contributed by atoms with Crippen molar-refractivity contribution in [1.82, 2.24) is 4.90 Å². The molecule has 6 heteroatoms. The number of benzene rings is 3. The smallest absolute Gasteiger partial charge is 0.307 e. The van der Waals surface area contributed by atoms with Gasteiger partial charge in [-0.1, -0.05) is 61.0 Å². The molecule has 3 aromatic rings. The topological polar surface area (TPSA) is 77.8 Å². The Morgan fingerprint density at radius 2 is 1.46 bits per heavy atom. The zero-order valence-electron chi connectivity index (χ0n) is 20.4. The Balaban J connectivity index is 2.01. The zero-order chi connectivity index (χ0) is 25.5. The molecule has 1 amide bonds. The van der Waals surface area contributed by atoms with Crippen molar-refractivity contribution in [2.75, 3.05) is 13.1 Å². The van der Waals surface area contributed by atoms with Crippen LogP contribution in [0.5, 0.6) is 5.75 Å². The normalized spacial score (nSPS) is 12.7. The zero-order valence-corrected chi connectivity index (χ0v) is 21.1. The number of phenolic OH excluding ortho intramolecular Hbond substituents is 1. The molecule has 2 unspecified atom stereocenters. The molecule has 3 rings (SSSR count). The van der Waals surface area contributed by atoms with Crippen molar-refractivity contribution >= 4 is 23.5 Å². The highest BCUT2D eigenvalue weighted by molar-refractivity contribution is 6.30. The van der Waals surface area contributed by atoms with E-state index in [4.69, 9.17) is 11.6 Å². The van der Waals surface area contributed by atoms with E-state index in [0.29, 0.717) is 36.5 Å². The van der Waals surface area contributed by atoms with Crippen molar-refractivity contribution in [1.29, 1.82) is 0 Å². The Morgan fingerprint density at radius 1 is 0.886 bits per heavy atom. The third-order valence-corrected chi connectivity index (χ3v) is 6.83. The summed E-state index contributed by atoms with van der Waals surface area (Å²) in [6.45, 7) is 6.78. The van der Waals surface area contributed by atoms with Crippen molar-refractivity contribution in [3.63, 3.8) is 0 Å². The maximum atomic E-state index is 13.2. The lowest BCUT2D eigenvalue weighted by Gasteiger charge is -2.26. The van der Waals surface area contributed by atoms with Crippen molar-refractivity contribution in [2.24, 2.45) is 5.92 Å². The summed E-state index contributed by atoms with van der Waals surface area (Å²) in [4.78, 5) is 27.1. The van der Waals surface area contributed by atoms with E-state index < -0.39 is 11.9 Å². The van der Waals surface area contributed by atoms with E-state index in [1.54, 1.807) is 17.0 Å². The van der Waals surface area contributed by atoms with E-state index in [-0.39, 0.29) is 17.6 Å². The molecule has 0 radical (unpaired) electrons. The molecule has 0 bridgehead atoms. The number of nitrogens with zero attached hydrogens (tertiary/aromatic N) is 1. The summed E-state index contributed by atoms with van der Waals surface area (Å²) >= 11 is 6.01. The maximum Gasteiger partial charge on any atom is 0.307 e. The van der Waals surface area contributed by atoms with Crippen molar-refractivity contribution < 1.29 is 19.8 Å². The largest absolute Gasteiger partial charge is 0.508 e. The highest BCUT2D eigenvalue weighted by atomic mass is 35.5. The average molecular weight is 494 g/mol. The number of carboxylic acid groups (broad SMARTS) is 1. The van der Waals surface area contributed by atoms with Gasteiger partial charge in [0.05, 0.1) is 5.92 Å². The van der Waals surface area contributed by atoms with E-state index in [1.165, 1.54) is 6.07 Å². The molecule has 0 aliphatic heterocycles. The first-order valence-corrected chi connectivity index (χ1v) is 12.4. The third-order valence-electron chi connectivity index (χ3n) is 6.57. The average Bonchev–Trinajstić information content (AvgIpc) is 2.86. The number of carboxylic acids is 1. The van der Waals surface area contributed by atoms with Crippen molar-refractivity contribution in [3.8, 4) is 16.9 Å². The van der Waals surface area contributed by atoms with E-state index in [9.17, 15) is 19.8 Å². The van der Waals surface area contributed by atoms with Gasteiger partial charge in [-0.15, -0.1) is 0 Å². The minimum Gasteiger partial charge on any atom is -0.508 e. The third kappa shape index (κ3) is 6.23. The molecule has 0 aliphatic carbocycles. The van der Waals surface area contributed by atoms with Crippen LogP contribution >= 0.6 is 11.6 Å². The van der Waals surface area contributed by atoms with Gasteiger partial charge in [-0.25, -0.2) is 0 Å². The SMILES string of the molecule is CCC(C(=O)O)C(Cc1ccc(O)cc1C(=O)N(CC)CC)c1ccc(-c2ccc(Cl)cc2)cc1. The number of aliphatic carboxylic acids is 1. The van der Waals surface area contributed by atoms with Crippen LogP contribution in [0.4, 0.5) is 0 Å². The monoisotopic (exact) mass is 493 g/mol. The molecule has 3 aromatic carbocycles. The van der Waals surface area contributed by atoms with Gasteiger partial charge in [0.25, 0.3) is 5.91 Å². The standard InChI is InChI=1S/C29H32ClNO4/c1-4-25(29(34)35)26(21-9-7-19(8-10-21)20-11-14-23(30)15-12-20)17-22-13-16-24(32)18-27(22)28(33)31(5-2)6-3/h7-16,18,25-26,32H,4-6,17H2,1-3H3,(H,34,35). The number of hydrogen-bond acceptors (Lipinski definition) is 3. The Labute approximate surface area is 212 Å². The van der Waals surface area contributed by atoms with Gasteiger partial charge in [-0.3, -0.25) is 9.59 Å². The summed E-state index contributed by atoms with van der Waals surface area (Å²) in [5.74, 6) is -1.99. The minimum atomic E-state index is -0.866. The molecule has 35 heavy (non-hydrogen) atoms. The predicted octanol–water partition coefficient (Wildman–Crippen LogP) is 6.63. The first kappa shape index (κ1) is 26.3. The fourth-order valence-electron chi connectivity index (χ4n) is 4.55. The lowest BCUT2D eigenvalue weighted by molar-refractivity contribution is -0.142. The molecule has 2 N–H and O–H groups in total. The molecule has 0 aliphatic rings. The van der Waals surface area contributed by atoms with Gasteiger partial charge >= 0.3 is 5.97 Å². The second kappa shape index (κ2) is 11.9. The van der Waals surface area contributed by atoms with Gasteiger partial charge in [-0.2, -0.15) is 0 Å². The highest BCUT2D eigenvalue weighted by Crippen LogP contribution is 2.34. The van der Waals surface area contributed by atoms with Gasteiger partial charge in [-0.05, 0) is 73.2 Å². The molecule has 0 fully saturated rings. The van der Waals surface area contributed by atoms with Crippen molar-refractivity contribution in [2.45, 2.75) is 39.5 Å². The highest BCUT2D eigenvalue weighted by Gasteiger charge is 2.30. The van der Waals surface area contributed by atoms with E-state index in [1.807, 2.05) is 69.3 Å². The van der Waals surface area contributed by atoms with Crippen LogP contribution in [0, 0.1) is 5.92 Å². The van der Waals surface area contributed by atoms with E-state index in [2.05, 4.69) is 0 Å². The summed E-state index contributed by atoms with van der Waals surface area (Å²) in [5, 5.41) is 20.8. The fraction of sp³-hybridized carbons (Fsp3) is 0.310. The number of phenols is 1. The fourth-order valence-corrected chi connectivity index (χ4v) is 4.67.